The Balaban J connectivity index is 1.53. The number of nitrogens with zero attached hydrogens (tertiary/aromatic N) is 3. The molecule has 140 valence electrons. The topological polar surface area (TPSA) is 67.2 Å². The van der Waals surface area contributed by atoms with Crippen LogP contribution in [0.1, 0.15) is 69.5 Å². The molecule has 1 saturated heterocycles. The van der Waals surface area contributed by atoms with Crippen LogP contribution < -0.4 is 5.32 Å². The molecule has 2 heterocycles. The van der Waals surface area contributed by atoms with Gasteiger partial charge in [0.15, 0.2) is 0 Å². The Kier molecular flexibility index (Phi) is 4.83. The first-order valence-corrected chi connectivity index (χ1v) is 9.88. The first kappa shape index (κ1) is 17.3. The van der Waals surface area contributed by atoms with Crippen molar-refractivity contribution in [1.29, 1.82) is 0 Å². The van der Waals surface area contributed by atoms with Crippen LogP contribution >= 0.6 is 0 Å². The summed E-state index contributed by atoms with van der Waals surface area (Å²) in [4.78, 5) is 31.6. The van der Waals surface area contributed by atoms with E-state index in [4.69, 9.17) is 0 Å². The predicted molar refractivity (Wildman–Crippen MR) is 98.1 cm³/mol. The highest BCUT2D eigenvalue weighted by atomic mass is 16.2. The SMILES string of the molecule is Cn1cncc1[C@H]1[C@H](NC(=O)CC2=CCCCC2)CCC(=O)N1C1CC1. The number of imidazole rings is 1. The van der Waals surface area contributed by atoms with Crippen molar-refractivity contribution in [3.8, 4) is 0 Å². The Morgan fingerprint density at radius 1 is 1.27 bits per heavy atom. The van der Waals surface area contributed by atoms with Gasteiger partial charge >= 0.3 is 0 Å². The molecular weight excluding hydrogens is 328 g/mol. The van der Waals surface area contributed by atoms with Crippen LogP contribution in [-0.4, -0.2) is 38.3 Å². The monoisotopic (exact) mass is 356 g/mol. The second-order valence-electron chi connectivity index (χ2n) is 7.90. The van der Waals surface area contributed by atoms with Gasteiger partial charge in [-0.1, -0.05) is 11.6 Å². The highest BCUT2D eigenvalue weighted by molar-refractivity contribution is 5.81. The van der Waals surface area contributed by atoms with E-state index in [1.165, 1.54) is 18.4 Å². The zero-order valence-corrected chi connectivity index (χ0v) is 15.5. The van der Waals surface area contributed by atoms with E-state index in [9.17, 15) is 9.59 Å². The number of aromatic nitrogens is 2. The fourth-order valence-electron chi connectivity index (χ4n) is 4.38. The molecule has 1 aromatic rings. The third-order valence-corrected chi connectivity index (χ3v) is 5.85. The van der Waals surface area contributed by atoms with Crippen LogP contribution in [0.4, 0.5) is 0 Å². The number of carbonyl (C=O) groups excluding carboxylic acids is 2. The minimum absolute atomic E-state index is 0.0413. The molecule has 6 heteroatoms. The maximum absolute atomic E-state index is 12.7. The summed E-state index contributed by atoms with van der Waals surface area (Å²) < 4.78 is 1.97. The maximum Gasteiger partial charge on any atom is 0.224 e. The fraction of sp³-hybridized carbons (Fsp3) is 0.650. The Labute approximate surface area is 154 Å². The first-order valence-electron chi connectivity index (χ1n) is 9.88. The van der Waals surface area contributed by atoms with Gasteiger partial charge in [0.25, 0.3) is 0 Å². The van der Waals surface area contributed by atoms with Crippen molar-refractivity contribution >= 4 is 11.8 Å². The molecule has 1 saturated carbocycles. The molecule has 0 radical (unpaired) electrons. The van der Waals surface area contributed by atoms with E-state index in [0.717, 1.165) is 31.4 Å². The van der Waals surface area contributed by atoms with Crippen LogP contribution in [0.5, 0.6) is 0 Å². The largest absolute Gasteiger partial charge is 0.351 e. The van der Waals surface area contributed by atoms with Gasteiger partial charge in [-0.25, -0.2) is 4.98 Å². The van der Waals surface area contributed by atoms with E-state index in [1.54, 1.807) is 6.33 Å². The minimum Gasteiger partial charge on any atom is -0.351 e. The molecule has 2 amide bonds. The van der Waals surface area contributed by atoms with E-state index in [1.807, 2.05) is 22.7 Å². The Bertz CT molecular complexity index is 719. The van der Waals surface area contributed by atoms with Crippen molar-refractivity contribution in [3.05, 3.63) is 29.9 Å². The fourth-order valence-corrected chi connectivity index (χ4v) is 4.38. The number of aryl methyl sites for hydroxylation is 1. The van der Waals surface area contributed by atoms with E-state index < -0.39 is 0 Å². The number of nitrogens with one attached hydrogen (secondary N) is 1. The number of carbonyl (C=O) groups is 2. The molecule has 1 aromatic heterocycles. The molecule has 0 unspecified atom stereocenters. The van der Waals surface area contributed by atoms with Crippen molar-refractivity contribution in [2.75, 3.05) is 0 Å². The molecule has 0 bridgehead atoms. The van der Waals surface area contributed by atoms with Crippen LogP contribution in [0.15, 0.2) is 24.2 Å². The molecule has 0 spiro atoms. The lowest BCUT2D eigenvalue weighted by Gasteiger charge is -2.41. The number of rotatable bonds is 5. The van der Waals surface area contributed by atoms with Gasteiger partial charge in [-0.3, -0.25) is 9.59 Å². The van der Waals surface area contributed by atoms with Crippen LogP contribution in [0, 0.1) is 0 Å². The summed E-state index contributed by atoms with van der Waals surface area (Å²) in [6, 6.07) is 0.170. The third-order valence-electron chi connectivity index (χ3n) is 5.85. The lowest BCUT2D eigenvalue weighted by Crippen LogP contribution is -2.53. The van der Waals surface area contributed by atoms with Crippen molar-refractivity contribution in [1.82, 2.24) is 19.8 Å². The quantitative estimate of drug-likeness (QED) is 0.825. The first-order chi connectivity index (χ1) is 12.6. The lowest BCUT2D eigenvalue weighted by atomic mass is 9.92. The number of amides is 2. The number of hydrogen-bond donors (Lipinski definition) is 1. The standard InChI is InChI=1S/C20H28N4O2/c1-23-13-21-12-17(23)20-16(9-10-19(26)24(20)15-7-8-15)22-18(25)11-14-5-3-2-4-6-14/h5,12-13,15-16,20H,2-4,6-11H2,1H3,(H,22,25)/t16-,20-/m1/s1. The van der Waals surface area contributed by atoms with Gasteiger partial charge in [-0.2, -0.15) is 0 Å². The van der Waals surface area contributed by atoms with Crippen molar-refractivity contribution < 1.29 is 9.59 Å². The average Bonchev–Trinajstić information content (AvgIpc) is 3.38. The van der Waals surface area contributed by atoms with Crippen molar-refractivity contribution in [3.63, 3.8) is 0 Å². The molecule has 3 aliphatic rings. The summed E-state index contributed by atoms with van der Waals surface area (Å²) in [5.74, 6) is 0.291. The number of likely N-dealkylation sites (tertiary alicyclic amines) is 1. The van der Waals surface area contributed by atoms with Gasteiger partial charge in [0.1, 0.15) is 0 Å². The summed E-state index contributed by atoms with van der Waals surface area (Å²) in [5, 5.41) is 3.25. The summed E-state index contributed by atoms with van der Waals surface area (Å²) >= 11 is 0. The Morgan fingerprint density at radius 3 is 2.77 bits per heavy atom. The molecular formula is C20H28N4O2. The van der Waals surface area contributed by atoms with E-state index in [-0.39, 0.29) is 23.9 Å². The molecule has 1 aliphatic heterocycles. The summed E-state index contributed by atoms with van der Waals surface area (Å²) in [5.41, 5.74) is 2.27. The number of piperidine rings is 1. The molecule has 0 aromatic carbocycles. The highest BCUT2D eigenvalue weighted by Gasteiger charge is 2.45. The normalized spacial score (nSPS) is 26.6. The predicted octanol–water partition coefficient (Wildman–Crippen LogP) is 2.62. The molecule has 2 atom stereocenters. The summed E-state index contributed by atoms with van der Waals surface area (Å²) in [6.07, 6.45) is 14.2. The average molecular weight is 356 g/mol. The summed E-state index contributed by atoms with van der Waals surface area (Å²) in [6.45, 7) is 0. The van der Waals surface area contributed by atoms with E-state index in [2.05, 4.69) is 16.4 Å². The van der Waals surface area contributed by atoms with Crippen LogP contribution in [0.3, 0.4) is 0 Å². The minimum atomic E-state index is -0.111. The van der Waals surface area contributed by atoms with Gasteiger partial charge in [0, 0.05) is 25.9 Å². The zero-order chi connectivity index (χ0) is 18.1. The molecule has 1 N–H and O–H groups in total. The van der Waals surface area contributed by atoms with Gasteiger partial charge in [-0.05, 0) is 44.9 Å². The van der Waals surface area contributed by atoms with Crippen LogP contribution in [0.2, 0.25) is 0 Å². The van der Waals surface area contributed by atoms with Crippen molar-refractivity contribution in [2.45, 2.75) is 75.9 Å². The second-order valence-corrected chi connectivity index (χ2v) is 7.90. The highest BCUT2D eigenvalue weighted by Crippen LogP contribution is 2.40. The maximum atomic E-state index is 12.7. The third kappa shape index (κ3) is 3.55. The van der Waals surface area contributed by atoms with Crippen LogP contribution in [-0.2, 0) is 16.6 Å². The molecule has 26 heavy (non-hydrogen) atoms. The smallest absolute Gasteiger partial charge is 0.224 e. The van der Waals surface area contributed by atoms with Crippen LogP contribution in [0.25, 0.3) is 0 Å². The van der Waals surface area contributed by atoms with E-state index >= 15 is 0 Å². The number of hydrogen-bond acceptors (Lipinski definition) is 3. The molecule has 2 fully saturated rings. The van der Waals surface area contributed by atoms with Gasteiger partial charge in [0.05, 0.1) is 30.3 Å². The number of allylic oxidation sites excluding steroid dienone is 1. The zero-order valence-electron chi connectivity index (χ0n) is 15.5. The molecule has 2 aliphatic carbocycles. The van der Waals surface area contributed by atoms with Gasteiger partial charge < -0.3 is 14.8 Å². The lowest BCUT2D eigenvalue weighted by molar-refractivity contribution is -0.140. The summed E-state index contributed by atoms with van der Waals surface area (Å²) in [7, 11) is 1.96. The van der Waals surface area contributed by atoms with Crippen molar-refractivity contribution in [2.24, 2.45) is 7.05 Å². The Morgan fingerprint density at radius 2 is 2.12 bits per heavy atom. The molecule has 6 nitrogen and oxygen atoms in total. The van der Waals surface area contributed by atoms with Gasteiger partial charge in [-0.15, -0.1) is 0 Å². The Hall–Kier alpha value is -2.11. The molecule has 4 rings (SSSR count). The van der Waals surface area contributed by atoms with Gasteiger partial charge in [0.2, 0.25) is 11.8 Å². The second kappa shape index (κ2) is 7.25. The van der Waals surface area contributed by atoms with E-state index in [0.29, 0.717) is 25.3 Å².